The maximum atomic E-state index is 11.8. The van der Waals surface area contributed by atoms with Gasteiger partial charge < -0.3 is 14.4 Å². The Kier molecular flexibility index (Phi) is 6.40. The van der Waals surface area contributed by atoms with E-state index in [2.05, 4.69) is 6.07 Å². The van der Waals surface area contributed by atoms with Crippen LogP contribution in [0.2, 0.25) is 5.02 Å². The molecule has 1 saturated heterocycles. The van der Waals surface area contributed by atoms with Gasteiger partial charge in [-0.2, -0.15) is 5.26 Å². The van der Waals surface area contributed by atoms with E-state index in [0.717, 1.165) is 23.6 Å². The molecule has 124 valence electrons. The van der Waals surface area contributed by atoms with Gasteiger partial charge in [-0.05, 0) is 19.1 Å². The van der Waals surface area contributed by atoms with Crippen molar-refractivity contribution in [2.75, 3.05) is 32.9 Å². The zero-order chi connectivity index (χ0) is 16.7. The summed E-state index contributed by atoms with van der Waals surface area (Å²) in [5.41, 5.74) is 0.0896. The fourth-order valence-electron chi connectivity index (χ4n) is 3.03. The third-order valence-corrected chi connectivity index (χ3v) is 4.49. The molecule has 6 heteroatoms. The van der Waals surface area contributed by atoms with E-state index in [1.165, 1.54) is 0 Å². The Bertz CT molecular complexity index is 564. The molecule has 1 aliphatic heterocycles. The second-order valence-corrected chi connectivity index (χ2v) is 5.98. The summed E-state index contributed by atoms with van der Waals surface area (Å²) in [5.74, 6) is -0.270. The Balaban J connectivity index is 2.29. The summed E-state index contributed by atoms with van der Waals surface area (Å²) in [6.45, 7) is 4.83. The summed E-state index contributed by atoms with van der Waals surface area (Å²) in [7, 11) is 0. The lowest BCUT2D eigenvalue weighted by Gasteiger charge is -2.38. The smallest absolute Gasteiger partial charge is 0.306 e. The fourth-order valence-corrected chi connectivity index (χ4v) is 3.15. The number of hydrogen-bond donors (Lipinski definition) is 1. The van der Waals surface area contributed by atoms with Crippen LogP contribution in [0.1, 0.15) is 25.3 Å². The van der Waals surface area contributed by atoms with Crippen molar-refractivity contribution < 1.29 is 19.2 Å². The Morgan fingerprint density at radius 3 is 2.61 bits per heavy atom. The maximum absolute atomic E-state index is 11.8. The molecule has 0 radical (unpaired) electrons. The molecule has 1 fully saturated rings. The van der Waals surface area contributed by atoms with E-state index in [1.54, 1.807) is 19.1 Å². The molecule has 1 aromatic carbocycles. The van der Waals surface area contributed by atoms with Crippen molar-refractivity contribution in [1.82, 2.24) is 0 Å². The number of nitriles is 1. The third kappa shape index (κ3) is 4.23. The predicted molar refractivity (Wildman–Crippen MR) is 86.1 cm³/mol. The van der Waals surface area contributed by atoms with Gasteiger partial charge in [-0.3, -0.25) is 4.79 Å². The molecule has 1 N–H and O–H groups in total. The molecule has 0 aromatic heterocycles. The van der Waals surface area contributed by atoms with Gasteiger partial charge in [-0.15, -0.1) is 0 Å². The van der Waals surface area contributed by atoms with Crippen molar-refractivity contribution in [3.05, 3.63) is 34.9 Å². The summed E-state index contributed by atoms with van der Waals surface area (Å²) < 4.78 is 10.4. The summed E-state index contributed by atoms with van der Waals surface area (Å²) in [6.07, 6.45) is 0.633. The second kappa shape index (κ2) is 8.30. The van der Waals surface area contributed by atoms with Gasteiger partial charge in [-0.1, -0.05) is 23.7 Å². The summed E-state index contributed by atoms with van der Waals surface area (Å²) in [5, 5.41) is 10.6. The Morgan fingerprint density at radius 2 is 2.04 bits per heavy atom. The van der Waals surface area contributed by atoms with E-state index in [-0.39, 0.29) is 12.4 Å². The zero-order valence-electron chi connectivity index (χ0n) is 13.3. The number of halogens is 1. The topological polar surface area (TPSA) is 63.8 Å². The van der Waals surface area contributed by atoms with E-state index in [0.29, 0.717) is 31.3 Å². The van der Waals surface area contributed by atoms with Crippen LogP contribution in [0, 0.1) is 11.3 Å². The van der Waals surface area contributed by atoms with Crippen LogP contribution in [-0.2, 0) is 19.8 Å². The second-order valence-electron chi connectivity index (χ2n) is 5.54. The number of carbonyl (C=O) groups is 1. The lowest BCUT2D eigenvalue weighted by Crippen LogP contribution is -3.20. The molecule has 1 aliphatic rings. The number of carbonyl (C=O) groups excluding carboxylic acids is 1. The normalized spacial score (nSPS) is 18.0. The van der Waals surface area contributed by atoms with Crippen molar-refractivity contribution in [3.8, 4) is 6.07 Å². The molecule has 0 amide bonds. The van der Waals surface area contributed by atoms with Gasteiger partial charge in [0.2, 0.25) is 5.54 Å². The fraction of sp³-hybridized carbons (Fsp3) is 0.529. The number of benzene rings is 1. The first-order valence-corrected chi connectivity index (χ1v) is 8.26. The van der Waals surface area contributed by atoms with Crippen LogP contribution in [0.5, 0.6) is 0 Å². The van der Waals surface area contributed by atoms with Crippen LogP contribution in [0.25, 0.3) is 0 Å². The molecule has 1 atom stereocenters. The summed E-state index contributed by atoms with van der Waals surface area (Å²) in [4.78, 5) is 12.9. The van der Waals surface area contributed by atoms with E-state index in [1.807, 2.05) is 12.1 Å². The maximum Gasteiger partial charge on any atom is 0.306 e. The van der Waals surface area contributed by atoms with Gasteiger partial charge in [0.25, 0.3) is 0 Å². The standard InChI is InChI=1S/C17H21ClN2O3/c1-2-23-16(21)7-8-17(13-19,20-9-11-22-12-10-20)14-3-5-15(18)6-4-14/h3-6H,2,7-12H2,1H3/p+1/t17-/m0/s1. The summed E-state index contributed by atoms with van der Waals surface area (Å²) in [6, 6.07) is 9.79. The van der Waals surface area contributed by atoms with Crippen molar-refractivity contribution in [2.24, 2.45) is 0 Å². The monoisotopic (exact) mass is 337 g/mol. The molecule has 5 nitrogen and oxygen atoms in total. The number of rotatable bonds is 6. The lowest BCUT2D eigenvalue weighted by atomic mass is 9.84. The highest BCUT2D eigenvalue weighted by Crippen LogP contribution is 2.25. The van der Waals surface area contributed by atoms with Gasteiger partial charge in [0, 0.05) is 17.0 Å². The summed E-state index contributed by atoms with van der Waals surface area (Å²) >= 11 is 5.98. The minimum atomic E-state index is -0.791. The van der Waals surface area contributed by atoms with Gasteiger partial charge in [-0.25, -0.2) is 0 Å². The van der Waals surface area contributed by atoms with Crippen molar-refractivity contribution in [3.63, 3.8) is 0 Å². The van der Waals surface area contributed by atoms with Crippen LogP contribution >= 0.6 is 11.6 Å². The number of ether oxygens (including phenoxy) is 2. The quantitative estimate of drug-likeness (QED) is 0.795. The molecule has 1 heterocycles. The van der Waals surface area contributed by atoms with Gasteiger partial charge in [0.1, 0.15) is 19.2 Å². The van der Waals surface area contributed by atoms with E-state index in [9.17, 15) is 10.1 Å². The molecule has 1 aromatic rings. The molecule has 0 spiro atoms. The highest BCUT2D eigenvalue weighted by atomic mass is 35.5. The van der Waals surface area contributed by atoms with Crippen molar-refractivity contribution in [2.45, 2.75) is 25.3 Å². The average molecular weight is 338 g/mol. The lowest BCUT2D eigenvalue weighted by molar-refractivity contribution is -0.958. The number of hydrogen-bond acceptors (Lipinski definition) is 4. The SMILES string of the molecule is CCOC(=O)CC[C@](C#N)(c1ccc(Cl)cc1)[NH+]1CCOCC1. The Morgan fingerprint density at radius 1 is 1.39 bits per heavy atom. The van der Waals surface area contributed by atoms with Gasteiger partial charge >= 0.3 is 5.97 Å². The highest BCUT2D eigenvalue weighted by Gasteiger charge is 2.44. The number of morpholine rings is 1. The van der Waals surface area contributed by atoms with Crippen molar-refractivity contribution in [1.29, 1.82) is 5.26 Å². The van der Waals surface area contributed by atoms with Crippen LogP contribution in [0.3, 0.4) is 0 Å². The van der Waals surface area contributed by atoms with Crippen LogP contribution < -0.4 is 4.90 Å². The molecule has 0 aliphatic carbocycles. The molecule has 0 unspecified atom stereocenters. The Labute approximate surface area is 141 Å². The van der Waals surface area contributed by atoms with Crippen LogP contribution in [0.15, 0.2) is 24.3 Å². The molecule has 0 saturated carbocycles. The number of esters is 1. The number of quaternary nitrogens is 1. The first-order valence-electron chi connectivity index (χ1n) is 7.88. The van der Waals surface area contributed by atoms with Gasteiger partial charge in [0.15, 0.2) is 0 Å². The van der Waals surface area contributed by atoms with E-state index in [4.69, 9.17) is 21.1 Å². The Hall–Kier alpha value is -1.61. The minimum Gasteiger partial charge on any atom is -0.466 e. The molecular weight excluding hydrogens is 316 g/mol. The third-order valence-electron chi connectivity index (χ3n) is 4.24. The average Bonchev–Trinajstić information content (AvgIpc) is 2.58. The molecule has 23 heavy (non-hydrogen) atoms. The zero-order valence-corrected chi connectivity index (χ0v) is 14.1. The molecular formula is C17H22ClN2O3+. The van der Waals surface area contributed by atoms with Crippen LogP contribution in [-0.4, -0.2) is 38.9 Å². The highest BCUT2D eigenvalue weighted by molar-refractivity contribution is 6.30. The van der Waals surface area contributed by atoms with Crippen molar-refractivity contribution >= 4 is 17.6 Å². The van der Waals surface area contributed by atoms with E-state index < -0.39 is 5.54 Å². The molecule has 2 rings (SSSR count). The predicted octanol–water partition coefficient (Wildman–Crippen LogP) is 1.32. The first-order chi connectivity index (χ1) is 11.1. The van der Waals surface area contributed by atoms with E-state index >= 15 is 0 Å². The minimum absolute atomic E-state index is 0.217. The number of nitrogens with zero attached hydrogens (tertiary/aromatic N) is 1. The first kappa shape index (κ1) is 17.7. The molecule has 0 bridgehead atoms. The van der Waals surface area contributed by atoms with Crippen LogP contribution in [0.4, 0.5) is 0 Å². The largest absolute Gasteiger partial charge is 0.466 e. The van der Waals surface area contributed by atoms with Gasteiger partial charge in [0.05, 0.1) is 26.2 Å². The number of nitrogens with one attached hydrogen (secondary N) is 1.